The largest absolute Gasteiger partial charge is 0.505 e. The molecule has 1 fully saturated rings. The van der Waals surface area contributed by atoms with Gasteiger partial charge in [-0.25, -0.2) is 0 Å². The zero-order valence-corrected chi connectivity index (χ0v) is 17.0. The van der Waals surface area contributed by atoms with Crippen LogP contribution in [0.15, 0.2) is 23.3 Å². The van der Waals surface area contributed by atoms with Gasteiger partial charge in [0.2, 0.25) is 0 Å². The molecule has 0 aromatic heterocycles. The van der Waals surface area contributed by atoms with E-state index in [-0.39, 0.29) is 17.3 Å². The molecule has 0 bridgehead atoms. The van der Waals surface area contributed by atoms with Gasteiger partial charge in [0, 0.05) is 6.42 Å². The monoisotopic (exact) mass is 381 g/mol. The second-order valence-corrected chi connectivity index (χ2v) is 9.04. The molecule has 0 radical (unpaired) electrons. The highest BCUT2D eigenvalue weighted by molar-refractivity contribution is 7.37. The van der Waals surface area contributed by atoms with E-state index in [1.807, 2.05) is 0 Å². The van der Waals surface area contributed by atoms with Crippen molar-refractivity contribution in [3.63, 3.8) is 0 Å². The van der Waals surface area contributed by atoms with Crippen molar-refractivity contribution in [1.29, 1.82) is 0 Å². The van der Waals surface area contributed by atoms with Gasteiger partial charge >= 0.3 is 8.03 Å². The molecule has 2 atom stereocenters. The minimum atomic E-state index is -2.01. The van der Waals surface area contributed by atoms with E-state index in [2.05, 4.69) is 19.1 Å². The molecule has 0 aromatic rings. The number of unbranched alkanes of at least 4 members (excludes halogenated alkanes) is 3. The molecule has 0 spiro atoms. The van der Waals surface area contributed by atoms with E-state index < -0.39 is 8.03 Å². The van der Waals surface area contributed by atoms with E-state index in [9.17, 15) is 14.5 Å². The molecule has 2 unspecified atom stereocenters. The van der Waals surface area contributed by atoms with Crippen LogP contribution in [0.4, 0.5) is 0 Å². The van der Waals surface area contributed by atoms with Crippen LogP contribution in [0.2, 0.25) is 0 Å². The highest BCUT2D eigenvalue weighted by Gasteiger charge is 2.40. The summed E-state index contributed by atoms with van der Waals surface area (Å²) in [6, 6.07) is 0. The molecule has 0 saturated heterocycles. The summed E-state index contributed by atoms with van der Waals surface area (Å²) in [5, 5.41) is 10.5. The summed E-state index contributed by atoms with van der Waals surface area (Å²) >= 11 is 0. The summed E-state index contributed by atoms with van der Waals surface area (Å²) in [5.41, 5.74) is 2.25. The molecule has 0 amide bonds. The van der Waals surface area contributed by atoms with Crippen molar-refractivity contribution < 1.29 is 19.4 Å². The van der Waals surface area contributed by atoms with Gasteiger partial charge in [0.1, 0.15) is 0 Å². The first kappa shape index (κ1) is 21.5. The number of hydrogen-bond acceptors (Lipinski definition) is 3. The third-order valence-corrected chi connectivity index (χ3v) is 7.01. The molecule has 26 heavy (non-hydrogen) atoms. The minimum absolute atomic E-state index is 0.131. The Kier molecular flexibility index (Phi) is 8.66. The summed E-state index contributed by atoms with van der Waals surface area (Å²) in [4.78, 5) is 20.9. The minimum Gasteiger partial charge on any atom is -0.392 e. The van der Waals surface area contributed by atoms with Crippen LogP contribution in [0, 0.1) is 5.41 Å². The van der Waals surface area contributed by atoms with Crippen LogP contribution in [-0.4, -0.2) is 28.0 Å². The third kappa shape index (κ3) is 5.84. The summed E-state index contributed by atoms with van der Waals surface area (Å²) in [5.74, 6) is 0.271. The van der Waals surface area contributed by atoms with Crippen molar-refractivity contribution in [2.24, 2.45) is 5.41 Å². The van der Waals surface area contributed by atoms with Crippen molar-refractivity contribution in [1.82, 2.24) is 0 Å². The number of carbonyl (C=O) groups excluding carboxylic acids is 1. The molecule has 2 rings (SSSR count). The van der Waals surface area contributed by atoms with Crippen molar-refractivity contribution in [2.75, 3.05) is 6.16 Å². The fourth-order valence-electron chi connectivity index (χ4n) is 4.26. The molecule has 4 nitrogen and oxygen atoms in total. The fraction of sp³-hybridized carbons (Fsp3) is 0.762. The summed E-state index contributed by atoms with van der Waals surface area (Å²) in [6.45, 7) is 2.17. The van der Waals surface area contributed by atoms with Gasteiger partial charge < -0.3 is 5.11 Å². The summed E-state index contributed by atoms with van der Waals surface area (Å²) in [7, 11) is -2.01. The normalized spacial score (nSPS) is 21.3. The van der Waals surface area contributed by atoms with Crippen LogP contribution in [0.5, 0.6) is 0 Å². The van der Waals surface area contributed by atoms with Crippen LogP contribution >= 0.6 is 8.03 Å². The molecule has 5 heteroatoms. The Hall–Kier alpha value is -0.830. The van der Waals surface area contributed by atoms with Gasteiger partial charge in [-0.2, -0.15) is 4.89 Å². The van der Waals surface area contributed by atoms with E-state index in [1.165, 1.54) is 6.42 Å². The first-order valence-electron chi connectivity index (χ1n) is 10.2. The Morgan fingerprint density at radius 1 is 1.19 bits per heavy atom. The number of aliphatic hydroxyl groups excluding tert-OH is 1. The lowest BCUT2D eigenvalue weighted by atomic mass is 9.63. The van der Waals surface area contributed by atoms with Crippen molar-refractivity contribution in [3.8, 4) is 0 Å². The summed E-state index contributed by atoms with van der Waals surface area (Å²) < 4.78 is 10.7. The quantitative estimate of drug-likeness (QED) is 0.359. The Balaban J connectivity index is 1.79. The molecule has 0 aromatic carbocycles. The average molecular weight is 381 g/mol. The maximum atomic E-state index is 12.1. The van der Waals surface area contributed by atoms with Gasteiger partial charge in [-0.3, -0.25) is 4.79 Å². The number of Topliss-reactive ketones (excluding diaryl/α,β-unsaturated/α-hetero) is 1. The van der Waals surface area contributed by atoms with Crippen LogP contribution in [0.25, 0.3) is 0 Å². The molecule has 1 saturated carbocycles. The number of aliphatic hydroxyl groups is 1. The van der Waals surface area contributed by atoms with Gasteiger partial charge in [0.15, 0.2) is 11.9 Å². The maximum Gasteiger partial charge on any atom is 0.505 e. The fourth-order valence-corrected chi connectivity index (χ4v) is 4.75. The van der Waals surface area contributed by atoms with Gasteiger partial charge in [-0.05, 0) is 78.9 Å². The first-order chi connectivity index (χ1) is 12.5. The maximum absolute atomic E-state index is 12.1. The van der Waals surface area contributed by atoms with Crippen LogP contribution in [0.1, 0.15) is 84.0 Å². The molecule has 2 N–H and O–H groups in total. The number of carbonyl (C=O) groups is 1. The number of rotatable bonds is 12. The highest BCUT2D eigenvalue weighted by Crippen LogP contribution is 2.47. The second kappa shape index (κ2) is 10.5. The molecule has 2 aliphatic carbocycles. The van der Waals surface area contributed by atoms with Crippen LogP contribution < -0.4 is 0 Å². The first-order valence-corrected chi connectivity index (χ1v) is 11.6. The van der Waals surface area contributed by atoms with Crippen LogP contribution in [0.3, 0.4) is 0 Å². The Morgan fingerprint density at radius 3 is 2.54 bits per heavy atom. The van der Waals surface area contributed by atoms with Gasteiger partial charge in [-0.15, -0.1) is 0 Å². The highest BCUT2D eigenvalue weighted by atomic mass is 31.1. The molecule has 2 aliphatic rings. The SMILES string of the molecule is CCC1(C(O)CC=CC2=C(CCCCCC[P+](=O)O)C(=O)CC2)CCC1. The smallest absolute Gasteiger partial charge is 0.392 e. The number of hydrogen-bond donors (Lipinski definition) is 2. The van der Waals surface area contributed by atoms with E-state index in [0.717, 1.165) is 68.9 Å². The Morgan fingerprint density at radius 2 is 1.92 bits per heavy atom. The van der Waals surface area contributed by atoms with E-state index in [0.29, 0.717) is 19.0 Å². The standard InChI is InChI=1S/C21H33O4P/c1-2-21(14-8-15-21)20(23)11-7-9-17-12-13-19(22)18(17)10-5-3-4-6-16-26(24)25/h7,9,20,23H,2-6,8,10-16H2,1H3/p+1. The Bertz CT molecular complexity index is 555. The van der Waals surface area contributed by atoms with Gasteiger partial charge in [-0.1, -0.05) is 31.9 Å². The zero-order chi connectivity index (χ0) is 19.0. The van der Waals surface area contributed by atoms with Crippen LogP contribution in [-0.2, 0) is 9.36 Å². The lowest BCUT2D eigenvalue weighted by Crippen LogP contribution is -2.40. The Labute approximate surface area is 158 Å². The molecular formula is C21H34O4P+. The number of ketones is 1. The molecule has 0 heterocycles. The molecular weight excluding hydrogens is 347 g/mol. The zero-order valence-electron chi connectivity index (χ0n) is 16.1. The lowest BCUT2D eigenvalue weighted by Gasteiger charge is -2.45. The van der Waals surface area contributed by atoms with E-state index in [4.69, 9.17) is 4.89 Å². The van der Waals surface area contributed by atoms with Crippen molar-refractivity contribution in [2.45, 2.75) is 90.1 Å². The van der Waals surface area contributed by atoms with Gasteiger partial charge in [0.25, 0.3) is 0 Å². The lowest BCUT2D eigenvalue weighted by molar-refractivity contribution is -0.115. The predicted molar refractivity (Wildman–Crippen MR) is 105 cm³/mol. The second-order valence-electron chi connectivity index (χ2n) is 7.89. The van der Waals surface area contributed by atoms with Gasteiger partial charge in [0.05, 0.1) is 6.10 Å². The summed E-state index contributed by atoms with van der Waals surface area (Å²) in [6.07, 6.45) is 15.4. The van der Waals surface area contributed by atoms with E-state index in [1.54, 1.807) is 0 Å². The third-order valence-electron chi connectivity index (χ3n) is 6.31. The van der Waals surface area contributed by atoms with Crippen molar-refractivity contribution >= 4 is 13.8 Å². The molecule has 146 valence electrons. The molecule has 0 aliphatic heterocycles. The predicted octanol–water partition coefficient (Wildman–Crippen LogP) is 5.22. The average Bonchev–Trinajstić information content (AvgIpc) is 2.90. The van der Waals surface area contributed by atoms with Crippen molar-refractivity contribution in [3.05, 3.63) is 23.3 Å². The number of allylic oxidation sites excluding steroid dienone is 3. The topological polar surface area (TPSA) is 74.6 Å². The van der Waals surface area contributed by atoms with E-state index >= 15 is 0 Å².